The van der Waals surface area contributed by atoms with Gasteiger partial charge >= 0.3 is 0 Å². The Morgan fingerprint density at radius 1 is 0.418 bits per heavy atom. The van der Waals surface area contributed by atoms with E-state index in [1.54, 1.807) is 12.8 Å². The lowest BCUT2D eigenvalue weighted by Crippen LogP contribution is -2.55. The fraction of sp³-hybridized carbons (Fsp3) is 1.00. The van der Waals surface area contributed by atoms with Gasteiger partial charge in [-0.1, -0.05) is 108 Å². The van der Waals surface area contributed by atoms with E-state index in [-0.39, 0.29) is 0 Å². The summed E-state index contributed by atoms with van der Waals surface area (Å²) in [6.07, 6.45) is 36.6. The molecule has 1 nitrogen and oxygen atoms in total. The summed E-state index contributed by atoms with van der Waals surface area (Å²) in [5, 5.41) is 0. The molecule has 0 spiro atoms. The molecule has 0 bridgehead atoms. The van der Waals surface area contributed by atoms with Crippen LogP contribution in [0.15, 0.2) is 0 Å². The van der Waals surface area contributed by atoms with E-state index in [9.17, 15) is 0 Å². The second kappa shape index (κ2) is 16.1. The van der Waals surface area contributed by atoms with Gasteiger partial charge in [-0.25, -0.2) is 0 Å². The highest BCUT2D eigenvalue weighted by atomic mass is 16.5. The molecule has 8 saturated carbocycles. The molecule has 8 aliphatic carbocycles. The topological polar surface area (TPSA) is 9.23 Å². The molecule has 8 rings (SSSR count). The molecule has 0 unspecified atom stereocenters. The molecule has 18 atom stereocenters. The highest BCUT2D eigenvalue weighted by Gasteiger charge is 2.63. The highest BCUT2D eigenvalue weighted by Crippen LogP contribution is 2.70. The van der Waals surface area contributed by atoms with Crippen molar-refractivity contribution in [2.24, 2.45) is 105 Å². The Bertz CT molecular complexity index is 1190. The zero-order valence-corrected chi connectivity index (χ0v) is 38.6. The fourth-order valence-electron chi connectivity index (χ4n) is 19.0. The summed E-state index contributed by atoms with van der Waals surface area (Å²) >= 11 is 0. The first-order valence-electron chi connectivity index (χ1n) is 25.8. The number of ether oxygens (including phenoxy) is 1. The van der Waals surface area contributed by atoms with Gasteiger partial charge in [0.25, 0.3) is 0 Å². The summed E-state index contributed by atoms with van der Waals surface area (Å²) in [7, 11) is 0. The lowest BCUT2D eigenvalue weighted by atomic mass is 9.44. The van der Waals surface area contributed by atoms with Crippen LogP contribution in [0.3, 0.4) is 0 Å². The Labute approximate surface area is 343 Å². The standard InChI is InChI=1S/C54H94O/c1-35(2)13-11-15-37(5)45-21-23-47-43-19-17-39-33-41(25-29-51(39,7)49(43)27-31-53(45,47)9)55-42-26-30-52(8)40(34-42)18-20-44-48-24-22-46(38(6)16-12-14-36(3)4)54(48,10)32-28-50(44)52/h35-50H,11-34H2,1-10H3/t37-,38-,39+,40+,41-,42-,43+,44+,45-,46+,47-,48-,49-,50-,51+,52+,53+,54-/m1/s1. The largest absolute Gasteiger partial charge is 0.375 e. The Morgan fingerprint density at radius 3 is 1.20 bits per heavy atom. The van der Waals surface area contributed by atoms with Crippen molar-refractivity contribution in [2.75, 3.05) is 0 Å². The van der Waals surface area contributed by atoms with Crippen LogP contribution in [0, 0.1) is 105 Å². The Balaban J connectivity index is 0.840. The van der Waals surface area contributed by atoms with Gasteiger partial charge in [-0.15, -0.1) is 0 Å². The molecule has 0 N–H and O–H groups in total. The minimum absolute atomic E-state index is 0.546. The van der Waals surface area contributed by atoms with Crippen LogP contribution in [-0.2, 0) is 4.74 Å². The van der Waals surface area contributed by atoms with Crippen LogP contribution in [0.4, 0.5) is 0 Å². The number of hydrogen-bond donors (Lipinski definition) is 0. The molecular formula is C54H94O. The molecule has 0 aromatic rings. The van der Waals surface area contributed by atoms with Gasteiger partial charge in [0.1, 0.15) is 0 Å². The number of rotatable bonds is 12. The lowest BCUT2D eigenvalue weighted by molar-refractivity contribution is -0.168. The molecule has 8 fully saturated rings. The first-order chi connectivity index (χ1) is 26.2. The zero-order chi connectivity index (χ0) is 38.9. The minimum atomic E-state index is 0.546. The van der Waals surface area contributed by atoms with Crippen LogP contribution in [0.1, 0.15) is 223 Å². The third-order valence-corrected chi connectivity index (χ3v) is 22.0. The molecule has 0 aliphatic heterocycles. The van der Waals surface area contributed by atoms with Crippen molar-refractivity contribution < 1.29 is 4.74 Å². The summed E-state index contributed by atoms with van der Waals surface area (Å²) < 4.78 is 7.34. The quantitative estimate of drug-likeness (QED) is 0.193. The van der Waals surface area contributed by atoms with Crippen LogP contribution >= 0.6 is 0 Å². The summed E-state index contributed by atoms with van der Waals surface area (Å²) in [4.78, 5) is 0. The second-order valence-electron chi connectivity index (χ2n) is 25.3. The minimum Gasteiger partial charge on any atom is -0.375 e. The maximum absolute atomic E-state index is 7.34. The van der Waals surface area contributed by atoms with Gasteiger partial charge in [-0.2, -0.15) is 0 Å². The van der Waals surface area contributed by atoms with Crippen molar-refractivity contribution in [3.8, 4) is 0 Å². The van der Waals surface area contributed by atoms with Crippen molar-refractivity contribution in [2.45, 2.75) is 236 Å². The zero-order valence-electron chi connectivity index (χ0n) is 38.6. The first kappa shape index (κ1) is 41.7. The predicted molar refractivity (Wildman–Crippen MR) is 235 cm³/mol. The van der Waals surface area contributed by atoms with E-state index < -0.39 is 0 Å². The van der Waals surface area contributed by atoms with Crippen LogP contribution in [0.5, 0.6) is 0 Å². The molecule has 316 valence electrons. The molecule has 1 heteroatoms. The predicted octanol–water partition coefficient (Wildman–Crippen LogP) is 16.0. The molecule has 0 amide bonds. The van der Waals surface area contributed by atoms with Crippen molar-refractivity contribution in [1.82, 2.24) is 0 Å². The van der Waals surface area contributed by atoms with E-state index in [4.69, 9.17) is 4.74 Å². The van der Waals surface area contributed by atoms with Crippen molar-refractivity contribution in [1.29, 1.82) is 0 Å². The van der Waals surface area contributed by atoms with E-state index in [1.165, 1.54) is 141 Å². The van der Waals surface area contributed by atoms with E-state index in [0.717, 1.165) is 82.9 Å². The second-order valence-corrected chi connectivity index (χ2v) is 25.3. The van der Waals surface area contributed by atoms with Gasteiger partial charge in [0, 0.05) is 0 Å². The maximum Gasteiger partial charge on any atom is 0.0582 e. The maximum atomic E-state index is 7.34. The molecule has 0 radical (unpaired) electrons. The Hall–Kier alpha value is -0.0400. The highest BCUT2D eigenvalue weighted by molar-refractivity contribution is 5.12. The third-order valence-electron chi connectivity index (χ3n) is 22.0. The summed E-state index contributed by atoms with van der Waals surface area (Å²) in [5.74, 6) is 13.4. The van der Waals surface area contributed by atoms with Gasteiger partial charge in [0.05, 0.1) is 12.2 Å². The van der Waals surface area contributed by atoms with E-state index >= 15 is 0 Å². The molecule has 0 saturated heterocycles. The smallest absolute Gasteiger partial charge is 0.0582 e. The van der Waals surface area contributed by atoms with Crippen molar-refractivity contribution in [3.05, 3.63) is 0 Å². The van der Waals surface area contributed by atoms with Gasteiger partial charge < -0.3 is 4.74 Å². The third kappa shape index (κ3) is 7.44. The molecule has 0 aromatic heterocycles. The van der Waals surface area contributed by atoms with Gasteiger partial charge in [-0.05, 0) is 220 Å². The van der Waals surface area contributed by atoms with E-state index in [0.29, 0.717) is 33.9 Å². The molecule has 8 aliphatic rings. The van der Waals surface area contributed by atoms with Crippen LogP contribution in [0.2, 0.25) is 0 Å². The van der Waals surface area contributed by atoms with E-state index in [2.05, 4.69) is 69.2 Å². The molecule has 0 heterocycles. The van der Waals surface area contributed by atoms with E-state index in [1.807, 2.05) is 0 Å². The summed E-state index contributed by atoms with van der Waals surface area (Å²) in [6.45, 7) is 26.1. The lowest BCUT2D eigenvalue weighted by Gasteiger charge is -2.62. The molecular weight excluding hydrogens is 665 g/mol. The monoisotopic (exact) mass is 759 g/mol. The summed E-state index contributed by atoms with van der Waals surface area (Å²) in [5.41, 5.74) is 2.40. The summed E-state index contributed by atoms with van der Waals surface area (Å²) in [6, 6.07) is 0. The SMILES string of the molecule is CC(C)CCC[C@@H](C)[C@H]1CC[C@@H]2[C@@H]3CC[C@H]4C[C@H](O[C@@H]5CC[C@@]6(C)[C@@H](CC[C@@H]7[C@H]6CC[C@@]6(C)[C@@H]7CC[C@H]6[C@H](C)CCCC(C)C)C5)CC[C@]4(C)[C@@H]3CC[C@]21C. The van der Waals surface area contributed by atoms with Crippen LogP contribution in [0.25, 0.3) is 0 Å². The average Bonchev–Trinajstić information content (AvgIpc) is 3.68. The van der Waals surface area contributed by atoms with Crippen molar-refractivity contribution in [3.63, 3.8) is 0 Å². The van der Waals surface area contributed by atoms with Gasteiger partial charge in [-0.3, -0.25) is 0 Å². The van der Waals surface area contributed by atoms with Crippen LogP contribution < -0.4 is 0 Å². The van der Waals surface area contributed by atoms with Gasteiger partial charge in [0.2, 0.25) is 0 Å². The fourth-order valence-corrected chi connectivity index (χ4v) is 19.0. The number of hydrogen-bond acceptors (Lipinski definition) is 1. The van der Waals surface area contributed by atoms with Gasteiger partial charge in [0.15, 0.2) is 0 Å². The number of fused-ring (bicyclic) bond motifs is 10. The van der Waals surface area contributed by atoms with Crippen LogP contribution in [-0.4, -0.2) is 12.2 Å². The Kier molecular flexibility index (Phi) is 12.2. The molecule has 55 heavy (non-hydrogen) atoms. The first-order valence-corrected chi connectivity index (χ1v) is 25.8. The Morgan fingerprint density at radius 2 is 0.800 bits per heavy atom. The van der Waals surface area contributed by atoms with Crippen molar-refractivity contribution >= 4 is 0 Å². The average molecular weight is 759 g/mol. The normalized spacial score (nSPS) is 50.4. The molecule has 0 aromatic carbocycles.